The minimum Gasteiger partial charge on any atom is -0.462 e. The summed E-state index contributed by atoms with van der Waals surface area (Å²) in [4.78, 5) is 22.8. The molecule has 29 heavy (non-hydrogen) atoms. The molecule has 0 atom stereocenters. The Morgan fingerprint density at radius 1 is 0.828 bits per heavy atom. The Hall–Kier alpha value is -1.58. The van der Waals surface area contributed by atoms with Crippen LogP contribution >= 0.6 is 0 Å². The molecule has 0 aliphatic heterocycles. The van der Waals surface area contributed by atoms with E-state index in [1.54, 1.807) is 0 Å². The van der Waals surface area contributed by atoms with Gasteiger partial charge in [0.05, 0.1) is 13.2 Å². The Bertz CT molecular complexity index is 501. The van der Waals surface area contributed by atoms with Crippen LogP contribution in [0.1, 0.15) is 77.6 Å². The fraction of sp³-hybridized carbons (Fsp3) is 0.760. The zero-order valence-electron chi connectivity index (χ0n) is 18.3. The summed E-state index contributed by atoms with van der Waals surface area (Å²) >= 11 is 0. The lowest BCUT2D eigenvalue weighted by Gasteiger charge is -2.38. The number of ether oxygens (including phenoxy) is 2. The van der Waals surface area contributed by atoms with Crippen molar-refractivity contribution in [2.45, 2.75) is 77.6 Å². The predicted molar refractivity (Wildman–Crippen MR) is 116 cm³/mol. The second-order valence-corrected chi connectivity index (χ2v) is 9.12. The van der Waals surface area contributed by atoms with E-state index in [9.17, 15) is 9.59 Å². The highest BCUT2D eigenvalue weighted by atomic mass is 16.5. The van der Waals surface area contributed by atoms with E-state index < -0.39 is 11.9 Å². The van der Waals surface area contributed by atoms with Gasteiger partial charge in [0.1, 0.15) is 0 Å². The topological polar surface area (TPSA) is 52.6 Å². The fourth-order valence-electron chi connectivity index (χ4n) is 5.43. The summed E-state index contributed by atoms with van der Waals surface area (Å²) < 4.78 is 10.5. The van der Waals surface area contributed by atoms with Gasteiger partial charge in [-0.25, -0.2) is 9.59 Å². The van der Waals surface area contributed by atoms with Crippen LogP contribution < -0.4 is 0 Å². The molecule has 0 unspecified atom stereocenters. The Morgan fingerprint density at radius 3 is 1.69 bits per heavy atom. The summed E-state index contributed by atoms with van der Waals surface area (Å²) in [5.41, 5.74) is 0. The Kier molecular flexibility index (Phi) is 10.5. The minimum atomic E-state index is -0.424. The molecule has 2 saturated carbocycles. The van der Waals surface area contributed by atoms with Crippen molar-refractivity contribution in [3.05, 3.63) is 25.3 Å². The molecule has 0 bridgehead atoms. The third-order valence-electron chi connectivity index (χ3n) is 7.07. The summed E-state index contributed by atoms with van der Waals surface area (Å²) in [6, 6.07) is 0. The van der Waals surface area contributed by atoms with Gasteiger partial charge in [0.2, 0.25) is 0 Å². The number of carbonyl (C=O) groups is 2. The molecule has 2 rings (SSSR count). The predicted octanol–water partition coefficient (Wildman–Crippen LogP) is 5.86. The lowest BCUT2D eigenvalue weighted by Crippen LogP contribution is -2.28. The van der Waals surface area contributed by atoms with E-state index in [-0.39, 0.29) is 19.1 Å². The van der Waals surface area contributed by atoms with E-state index in [1.807, 2.05) is 0 Å². The van der Waals surface area contributed by atoms with E-state index in [2.05, 4.69) is 20.1 Å². The average Bonchev–Trinajstić information content (AvgIpc) is 2.76. The van der Waals surface area contributed by atoms with Crippen molar-refractivity contribution in [1.82, 2.24) is 0 Å². The van der Waals surface area contributed by atoms with Crippen LogP contribution in [0, 0.1) is 29.6 Å². The van der Waals surface area contributed by atoms with Gasteiger partial charge in [-0.3, -0.25) is 0 Å². The van der Waals surface area contributed by atoms with Crippen LogP contribution in [0.4, 0.5) is 0 Å². The molecule has 164 valence electrons. The van der Waals surface area contributed by atoms with Crippen LogP contribution in [0.25, 0.3) is 0 Å². The Morgan fingerprint density at radius 2 is 1.28 bits per heavy atom. The van der Waals surface area contributed by atoms with Crippen LogP contribution in [0.15, 0.2) is 25.3 Å². The molecule has 0 aromatic rings. The van der Waals surface area contributed by atoms with E-state index in [4.69, 9.17) is 9.47 Å². The van der Waals surface area contributed by atoms with Crippen molar-refractivity contribution in [3.63, 3.8) is 0 Å². The van der Waals surface area contributed by atoms with Gasteiger partial charge in [0.15, 0.2) is 0 Å². The minimum absolute atomic E-state index is 0.0360. The maximum atomic E-state index is 11.4. The molecule has 0 aromatic heterocycles. The second-order valence-electron chi connectivity index (χ2n) is 9.12. The molecule has 0 spiro atoms. The first-order chi connectivity index (χ1) is 14.0. The molecule has 0 aromatic carbocycles. The van der Waals surface area contributed by atoms with Crippen molar-refractivity contribution in [1.29, 1.82) is 0 Å². The zero-order chi connectivity index (χ0) is 21.1. The summed E-state index contributed by atoms with van der Waals surface area (Å²) in [7, 11) is 0. The van der Waals surface area contributed by atoms with Crippen molar-refractivity contribution in [2.24, 2.45) is 29.6 Å². The van der Waals surface area contributed by atoms with Gasteiger partial charge in [-0.05, 0) is 55.8 Å². The molecule has 0 saturated heterocycles. The third-order valence-corrected chi connectivity index (χ3v) is 7.07. The number of hydrogen-bond donors (Lipinski definition) is 0. The highest BCUT2D eigenvalue weighted by Gasteiger charge is 2.31. The number of esters is 2. The van der Waals surface area contributed by atoms with E-state index in [0.717, 1.165) is 24.2 Å². The van der Waals surface area contributed by atoms with Gasteiger partial charge in [0, 0.05) is 18.1 Å². The summed E-state index contributed by atoms with van der Waals surface area (Å²) in [6.45, 7) is 9.72. The number of hydrogen-bond acceptors (Lipinski definition) is 4. The molecule has 2 fully saturated rings. The number of carbonyl (C=O) groups excluding carboxylic acids is 2. The van der Waals surface area contributed by atoms with Crippen LogP contribution in [0.5, 0.6) is 0 Å². The van der Waals surface area contributed by atoms with Crippen LogP contribution in [-0.4, -0.2) is 25.2 Å². The summed E-state index contributed by atoms with van der Waals surface area (Å²) in [5, 5.41) is 0. The lowest BCUT2D eigenvalue weighted by molar-refractivity contribution is -0.143. The SMILES string of the molecule is C=CC(=O)OCC(COC(=O)C=C)C[C@H]1CC[C@H]([C@H]2CC[C@H](CCC)CC2)CC1. The van der Waals surface area contributed by atoms with Gasteiger partial charge >= 0.3 is 11.9 Å². The largest absolute Gasteiger partial charge is 0.462 e. The smallest absolute Gasteiger partial charge is 0.330 e. The molecular weight excluding hydrogens is 364 g/mol. The van der Waals surface area contributed by atoms with Crippen LogP contribution in [0.2, 0.25) is 0 Å². The molecule has 4 heteroatoms. The first kappa shape index (κ1) is 23.7. The fourth-order valence-corrected chi connectivity index (χ4v) is 5.43. The molecular formula is C25H40O4. The van der Waals surface area contributed by atoms with Gasteiger partial charge in [-0.1, -0.05) is 58.6 Å². The maximum absolute atomic E-state index is 11.4. The molecule has 0 radical (unpaired) electrons. The van der Waals surface area contributed by atoms with Crippen molar-refractivity contribution < 1.29 is 19.1 Å². The molecule has 2 aliphatic carbocycles. The Balaban J connectivity index is 1.76. The zero-order valence-corrected chi connectivity index (χ0v) is 18.3. The standard InChI is InChI=1S/C25H40O4/c1-4-7-19-8-12-22(13-9-19)23-14-10-20(11-15-23)16-21(17-28-24(26)5-2)18-29-25(27)6-3/h5-6,19-23H,2-4,7-18H2,1H3/t19-,20-,22-,23-. The van der Waals surface area contributed by atoms with Crippen molar-refractivity contribution in [2.75, 3.05) is 13.2 Å². The molecule has 2 aliphatic rings. The molecule has 0 N–H and O–H groups in total. The first-order valence-electron chi connectivity index (χ1n) is 11.6. The maximum Gasteiger partial charge on any atom is 0.330 e. The normalized spacial score (nSPS) is 27.2. The van der Waals surface area contributed by atoms with E-state index in [1.165, 1.54) is 76.4 Å². The van der Waals surface area contributed by atoms with Crippen molar-refractivity contribution >= 4 is 11.9 Å². The van der Waals surface area contributed by atoms with Gasteiger partial charge in [-0.15, -0.1) is 0 Å². The summed E-state index contributed by atoms with van der Waals surface area (Å²) in [6.07, 6.45) is 16.9. The third kappa shape index (κ3) is 8.36. The van der Waals surface area contributed by atoms with Crippen LogP contribution in [-0.2, 0) is 19.1 Å². The van der Waals surface area contributed by atoms with Gasteiger partial charge in [-0.2, -0.15) is 0 Å². The molecule has 4 nitrogen and oxygen atoms in total. The van der Waals surface area contributed by atoms with Crippen molar-refractivity contribution in [3.8, 4) is 0 Å². The lowest BCUT2D eigenvalue weighted by atomic mass is 9.68. The van der Waals surface area contributed by atoms with Crippen LogP contribution in [0.3, 0.4) is 0 Å². The quantitative estimate of drug-likeness (QED) is 0.319. The highest BCUT2D eigenvalue weighted by molar-refractivity contribution is 5.81. The molecule has 0 amide bonds. The van der Waals surface area contributed by atoms with Gasteiger partial charge < -0.3 is 9.47 Å². The first-order valence-corrected chi connectivity index (χ1v) is 11.6. The monoisotopic (exact) mass is 404 g/mol. The molecule has 0 heterocycles. The second kappa shape index (κ2) is 12.9. The van der Waals surface area contributed by atoms with E-state index >= 15 is 0 Å². The highest BCUT2D eigenvalue weighted by Crippen LogP contribution is 2.43. The Labute approximate surface area is 177 Å². The van der Waals surface area contributed by atoms with Gasteiger partial charge in [0.25, 0.3) is 0 Å². The summed E-state index contributed by atoms with van der Waals surface area (Å²) in [5.74, 6) is 2.61. The average molecular weight is 405 g/mol. The number of rotatable bonds is 11. The van der Waals surface area contributed by atoms with E-state index in [0.29, 0.717) is 5.92 Å².